The molecule has 0 fully saturated rings. The van der Waals surface area contributed by atoms with Crippen LogP contribution in [0.25, 0.3) is 22.4 Å². The Labute approximate surface area is 151 Å². The molecule has 4 nitrogen and oxygen atoms in total. The normalized spacial score (nSPS) is 11.6. The minimum absolute atomic E-state index is 0.117. The van der Waals surface area contributed by atoms with Gasteiger partial charge < -0.3 is 4.98 Å². The Kier molecular flexibility index (Phi) is 4.50. The first kappa shape index (κ1) is 18.0. The second-order valence-electron chi connectivity index (χ2n) is 5.73. The lowest BCUT2D eigenvalue weighted by Gasteiger charge is -2.07. The Morgan fingerprint density at radius 1 is 1.00 bits per heavy atom. The van der Waals surface area contributed by atoms with Gasteiger partial charge in [-0.2, -0.15) is 13.2 Å². The van der Waals surface area contributed by atoms with Crippen LogP contribution in [0.5, 0.6) is 0 Å². The molecule has 0 aliphatic carbocycles. The van der Waals surface area contributed by atoms with Crippen LogP contribution in [0, 0.1) is 17.0 Å². The molecule has 1 aromatic heterocycles. The molecule has 0 saturated heterocycles. The molecule has 0 spiro atoms. The van der Waals surface area contributed by atoms with Crippen LogP contribution in [0.1, 0.15) is 11.3 Å². The minimum Gasteiger partial charge on any atom is -0.345 e. The maximum atomic E-state index is 13.6. The van der Waals surface area contributed by atoms with Crippen molar-refractivity contribution in [1.29, 1.82) is 0 Å². The highest BCUT2D eigenvalue weighted by Gasteiger charge is 2.42. The Bertz CT molecular complexity index is 962. The van der Waals surface area contributed by atoms with Gasteiger partial charge in [-0.1, -0.05) is 53.6 Å². The summed E-state index contributed by atoms with van der Waals surface area (Å²) in [5.74, 6) is 0. The maximum absolute atomic E-state index is 13.6. The summed E-state index contributed by atoms with van der Waals surface area (Å²) in [4.78, 5) is 13.1. The fraction of sp³-hybridized carbons (Fsp3) is 0.111. The number of alkyl halides is 3. The zero-order valence-corrected chi connectivity index (χ0v) is 14.2. The van der Waals surface area contributed by atoms with Crippen molar-refractivity contribution in [3.05, 3.63) is 74.9 Å². The van der Waals surface area contributed by atoms with Crippen LogP contribution in [-0.4, -0.2) is 9.91 Å². The van der Waals surface area contributed by atoms with Crippen LogP contribution in [0.4, 0.5) is 18.9 Å². The molecular formula is C18H12ClF3N2O2. The summed E-state index contributed by atoms with van der Waals surface area (Å²) in [6.45, 7) is 1.78. The number of hydrogen-bond acceptors (Lipinski definition) is 2. The van der Waals surface area contributed by atoms with Gasteiger partial charge in [0.15, 0.2) is 0 Å². The first-order valence-electron chi connectivity index (χ1n) is 7.49. The van der Waals surface area contributed by atoms with Crippen LogP contribution < -0.4 is 0 Å². The smallest absolute Gasteiger partial charge is 0.345 e. The first-order valence-corrected chi connectivity index (χ1v) is 7.87. The van der Waals surface area contributed by atoms with Gasteiger partial charge in [0.1, 0.15) is 11.4 Å². The van der Waals surface area contributed by atoms with E-state index in [1.54, 1.807) is 19.1 Å². The highest BCUT2D eigenvalue weighted by atomic mass is 35.5. The van der Waals surface area contributed by atoms with E-state index in [9.17, 15) is 23.3 Å². The Hall–Kier alpha value is -2.80. The van der Waals surface area contributed by atoms with Crippen molar-refractivity contribution in [1.82, 2.24) is 4.98 Å². The number of benzene rings is 2. The summed E-state index contributed by atoms with van der Waals surface area (Å²) in [6, 6.07) is 11.9. The van der Waals surface area contributed by atoms with Gasteiger partial charge in [-0.05, 0) is 24.6 Å². The van der Waals surface area contributed by atoms with E-state index in [0.717, 1.165) is 5.56 Å². The molecule has 1 heterocycles. The van der Waals surface area contributed by atoms with E-state index in [-0.39, 0.29) is 16.8 Å². The van der Waals surface area contributed by atoms with E-state index in [1.807, 2.05) is 0 Å². The van der Waals surface area contributed by atoms with Crippen molar-refractivity contribution < 1.29 is 18.1 Å². The molecule has 0 aliphatic rings. The summed E-state index contributed by atoms with van der Waals surface area (Å²) in [5.41, 5.74) is -1.28. The standard InChI is InChI=1S/C18H12ClF3N2O2/c1-10-2-4-11(5-3-10)14-16(24(25)26)15(23-17(14)18(20,21)22)12-6-8-13(19)9-7-12/h2-9,23H,1H3. The molecule has 0 aliphatic heterocycles. The van der Waals surface area contributed by atoms with Gasteiger partial charge in [-0.25, -0.2) is 0 Å². The predicted molar refractivity (Wildman–Crippen MR) is 93.1 cm³/mol. The minimum atomic E-state index is -4.78. The molecule has 3 aromatic rings. The van der Waals surface area contributed by atoms with Crippen LogP contribution >= 0.6 is 11.6 Å². The molecule has 1 N–H and O–H groups in total. The zero-order chi connectivity index (χ0) is 19.1. The molecule has 134 valence electrons. The van der Waals surface area contributed by atoms with E-state index in [2.05, 4.69) is 4.98 Å². The number of aromatic amines is 1. The van der Waals surface area contributed by atoms with E-state index in [4.69, 9.17) is 11.6 Å². The molecule has 2 aromatic carbocycles. The number of aryl methyl sites for hydroxylation is 1. The number of hydrogen-bond donors (Lipinski definition) is 1. The number of H-pyrrole nitrogens is 1. The van der Waals surface area contributed by atoms with Crippen LogP contribution in [0.2, 0.25) is 5.02 Å². The molecule has 0 bridgehead atoms. The van der Waals surface area contributed by atoms with Gasteiger partial charge in [0, 0.05) is 10.6 Å². The molecule has 0 unspecified atom stereocenters. The largest absolute Gasteiger partial charge is 0.432 e. The maximum Gasteiger partial charge on any atom is 0.432 e. The first-order chi connectivity index (χ1) is 12.2. The van der Waals surface area contributed by atoms with Crippen LogP contribution in [0.3, 0.4) is 0 Å². The lowest BCUT2D eigenvalue weighted by atomic mass is 10.0. The quantitative estimate of drug-likeness (QED) is 0.432. The monoisotopic (exact) mass is 380 g/mol. The van der Waals surface area contributed by atoms with Gasteiger partial charge in [0.2, 0.25) is 0 Å². The van der Waals surface area contributed by atoms with Crippen molar-refractivity contribution in [2.24, 2.45) is 0 Å². The predicted octanol–water partition coefficient (Wildman–Crippen LogP) is 6.24. The lowest BCUT2D eigenvalue weighted by molar-refractivity contribution is -0.383. The third-order valence-corrected chi connectivity index (χ3v) is 4.16. The number of halogens is 4. The molecule has 0 amide bonds. The van der Waals surface area contributed by atoms with Crippen LogP contribution in [0.15, 0.2) is 48.5 Å². The Morgan fingerprint density at radius 2 is 1.54 bits per heavy atom. The van der Waals surface area contributed by atoms with Gasteiger partial charge in [0.05, 0.1) is 10.5 Å². The molecule has 8 heteroatoms. The topological polar surface area (TPSA) is 58.9 Å². The highest BCUT2D eigenvalue weighted by Crippen LogP contribution is 2.47. The Morgan fingerprint density at radius 3 is 2.04 bits per heavy atom. The fourth-order valence-electron chi connectivity index (χ4n) is 2.71. The highest BCUT2D eigenvalue weighted by molar-refractivity contribution is 6.30. The van der Waals surface area contributed by atoms with Crippen molar-refractivity contribution >= 4 is 17.3 Å². The van der Waals surface area contributed by atoms with Gasteiger partial charge in [-0.15, -0.1) is 0 Å². The summed E-state index contributed by atoms with van der Waals surface area (Å²) in [6.07, 6.45) is -4.78. The third-order valence-electron chi connectivity index (χ3n) is 3.91. The van der Waals surface area contributed by atoms with Crippen molar-refractivity contribution in [2.45, 2.75) is 13.1 Å². The second kappa shape index (κ2) is 6.49. The van der Waals surface area contributed by atoms with Gasteiger partial charge in [0.25, 0.3) is 0 Å². The third kappa shape index (κ3) is 3.30. The summed E-state index contributed by atoms with van der Waals surface area (Å²) in [7, 11) is 0. The number of aromatic nitrogens is 1. The molecule has 0 atom stereocenters. The number of nitro groups is 1. The van der Waals surface area contributed by atoms with E-state index < -0.39 is 28.0 Å². The van der Waals surface area contributed by atoms with E-state index in [1.165, 1.54) is 36.4 Å². The zero-order valence-electron chi connectivity index (χ0n) is 13.4. The van der Waals surface area contributed by atoms with E-state index >= 15 is 0 Å². The lowest BCUT2D eigenvalue weighted by Crippen LogP contribution is -2.07. The molecule has 3 rings (SSSR count). The average Bonchev–Trinajstić information content (AvgIpc) is 2.97. The fourth-order valence-corrected chi connectivity index (χ4v) is 2.84. The summed E-state index contributed by atoms with van der Waals surface area (Å²) in [5, 5.41) is 12.0. The Balaban J connectivity index is 2.35. The van der Waals surface area contributed by atoms with Crippen molar-refractivity contribution in [3.63, 3.8) is 0 Å². The number of rotatable bonds is 3. The SMILES string of the molecule is Cc1ccc(-c2c(C(F)(F)F)[nH]c(-c3ccc(Cl)cc3)c2[N+](=O)[O-])cc1. The van der Waals surface area contributed by atoms with Crippen LogP contribution in [-0.2, 0) is 6.18 Å². The number of nitrogens with one attached hydrogen (secondary N) is 1. The second-order valence-corrected chi connectivity index (χ2v) is 6.16. The van der Waals surface area contributed by atoms with Crippen molar-refractivity contribution in [3.8, 4) is 22.4 Å². The average molecular weight is 381 g/mol. The molecule has 0 saturated carbocycles. The van der Waals surface area contributed by atoms with Gasteiger partial charge >= 0.3 is 11.9 Å². The molecular weight excluding hydrogens is 369 g/mol. The summed E-state index contributed by atoms with van der Waals surface area (Å²) < 4.78 is 40.7. The number of nitrogens with zero attached hydrogens (tertiary/aromatic N) is 1. The molecule has 0 radical (unpaired) electrons. The summed E-state index contributed by atoms with van der Waals surface area (Å²) >= 11 is 5.80. The van der Waals surface area contributed by atoms with Crippen molar-refractivity contribution in [2.75, 3.05) is 0 Å². The molecule has 26 heavy (non-hydrogen) atoms. The van der Waals surface area contributed by atoms with E-state index in [0.29, 0.717) is 5.02 Å². The van der Waals surface area contributed by atoms with Gasteiger partial charge in [-0.3, -0.25) is 10.1 Å².